The molecule has 3 heterocycles. The number of carbonyl (C=O) groups excluding carboxylic acids is 3. The lowest BCUT2D eigenvalue weighted by Crippen LogP contribution is -2.44. The van der Waals surface area contributed by atoms with Gasteiger partial charge in [0.1, 0.15) is 16.7 Å². The van der Waals surface area contributed by atoms with Crippen LogP contribution in [0.5, 0.6) is 0 Å². The van der Waals surface area contributed by atoms with Crippen molar-refractivity contribution in [3.05, 3.63) is 52.3 Å². The van der Waals surface area contributed by atoms with Crippen molar-refractivity contribution in [1.82, 2.24) is 20.0 Å². The maximum absolute atomic E-state index is 13.2. The monoisotopic (exact) mass is 414 g/mol. The Morgan fingerprint density at radius 2 is 2.07 bits per heavy atom. The third-order valence-corrected chi connectivity index (χ3v) is 6.12. The third kappa shape index (κ3) is 3.53. The zero-order valence-corrected chi connectivity index (χ0v) is 16.8. The molecule has 0 unspecified atom stereocenters. The number of aromatic nitrogens is 2. The van der Waals surface area contributed by atoms with E-state index in [-0.39, 0.29) is 24.1 Å². The van der Waals surface area contributed by atoms with Gasteiger partial charge in [-0.1, -0.05) is 12.1 Å². The molecule has 0 bridgehead atoms. The highest BCUT2D eigenvalue weighted by atomic mass is 32.1. The number of halogens is 1. The highest BCUT2D eigenvalue weighted by Gasteiger charge is 2.37. The summed E-state index contributed by atoms with van der Waals surface area (Å²) in [6, 6.07) is 7.21. The van der Waals surface area contributed by atoms with Crippen molar-refractivity contribution in [3.8, 4) is 0 Å². The third-order valence-electron chi connectivity index (χ3n) is 4.99. The molecule has 1 saturated heterocycles. The molecule has 0 radical (unpaired) electrons. The Hall–Kier alpha value is -3.07. The Morgan fingerprint density at radius 3 is 2.69 bits per heavy atom. The maximum Gasteiger partial charge on any atom is 0.264 e. The highest BCUT2D eigenvalue weighted by molar-refractivity contribution is 7.20. The van der Waals surface area contributed by atoms with E-state index in [1.54, 1.807) is 29.8 Å². The van der Waals surface area contributed by atoms with Crippen LogP contribution in [0, 0.1) is 12.7 Å². The number of carbonyl (C=O) groups is 3. The van der Waals surface area contributed by atoms with Crippen LogP contribution in [-0.2, 0) is 16.1 Å². The van der Waals surface area contributed by atoms with Gasteiger partial charge in [0.05, 0.1) is 23.5 Å². The summed E-state index contributed by atoms with van der Waals surface area (Å²) in [6.45, 7) is 4.42. The van der Waals surface area contributed by atoms with Gasteiger partial charge in [0.25, 0.3) is 5.91 Å². The van der Waals surface area contributed by atoms with E-state index in [0.29, 0.717) is 18.0 Å². The van der Waals surface area contributed by atoms with E-state index in [0.717, 1.165) is 21.5 Å². The van der Waals surface area contributed by atoms with E-state index >= 15 is 0 Å². The molecule has 1 aliphatic heterocycles. The lowest BCUT2D eigenvalue weighted by atomic mass is 10.2. The lowest BCUT2D eigenvalue weighted by Gasteiger charge is -2.24. The SMILES string of the molecule is CCN(C(=O)c1cc2c(C)nn(Cc3ccc(F)cc3)c2s1)[C@@H]1CC(=O)NC1=O. The van der Waals surface area contributed by atoms with Crippen molar-refractivity contribution in [2.45, 2.75) is 32.9 Å². The number of hydrogen-bond acceptors (Lipinski definition) is 5. The van der Waals surface area contributed by atoms with Crippen LogP contribution in [0.4, 0.5) is 4.39 Å². The van der Waals surface area contributed by atoms with Crippen LogP contribution in [-0.4, -0.2) is 45.0 Å². The molecular formula is C20H19FN4O3S. The summed E-state index contributed by atoms with van der Waals surface area (Å²) < 4.78 is 14.9. The van der Waals surface area contributed by atoms with Crippen molar-refractivity contribution in [3.63, 3.8) is 0 Å². The average Bonchev–Trinajstić information content (AvgIpc) is 3.34. The fourth-order valence-corrected chi connectivity index (χ4v) is 4.64. The van der Waals surface area contributed by atoms with Crippen molar-refractivity contribution < 1.29 is 18.8 Å². The number of amides is 3. The molecule has 9 heteroatoms. The van der Waals surface area contributed by atoms with Crippen molar-refractivity contribution in [1.29, 1.82) is 0 Å². The molecule has 0 aliphatic carbocycles. The van der Waals surface area contributed by atoms with Crippen molar-refractivity contribution in [2.75, 3.05) is 6.54 Å². The molecule has 1 N–H and O–H groups in total. The minimum absolute atomic E-state index is 0.0132. The van der Waals surface area contributed by atoms with Gasteiger partial charge in [0, 0.05) is 11.9 Å². The van der Waals surface area contributed by atoms with Gasteiger partial charge in [0.15, 0.2) is 0 Å². The van der Waals surface area contributed by atoms with Gasteiger partial charge in [-0.25, -0.2) is 4.39 Å². The largest absolute Gasteiger partial charge is 0.326 e. The van der Waals surface area contributed by atoms with Crippen LogP contribution in [0.1, 0.15) is 34.3 Å². The zero-order valence-electron chi connectivity index (χ0n) is 15.9. The molecular weight excluding hydrogens is 395 g/mol. The number of nitrogens with one attached hydrogen (secondary N) is 1. The number of aryl methyl sites for hydroxylation is 1. The molecule has 150 valence electrons. The van der Waals surface area contributed by atoms with Gasteiger partial charge in [-0.2, -0.15) is 5.10 Å². The molecule has 7 nitrogen and oxygen atoms in total. The Balaban J connectivity index is 1.64. The number of benzene rings is 1. The predicted octanol–water partition coefficient (Wildman–Crippen LogP) is 2.47. The Bertz CT molecular complexity index is 1120. The van der Waals surface area contributed by atoms with Crippen LogP contribution in [0.15, 0.2) is 30.3 Å². The molecule has 3 aromatic rings. The summed E-state index contributed by atoms with van der Waals surface area (Å²) in [6.07, 6.45) is -0.0132. The standard InChI is InChI=1S/C20H19FN4O3S/c1-3-24(15-9-17(26)22-18(15)27)19(28)16-8-14-11(2)23-25(20(14)29-16)10-12-4-6-13(21)7-5-12/h4-8,15H,3,9-10H2,1-2H3,(H,22,26,27)/t15-/m1/s1. The molecule has 0 spiro atoms. The van der Waals surface area contributed by atoms with Crippen LogP contribution < -0.4 is 5.32 Å². The zero-order chi connectivity index (χ0) is 20.7. The van der Waals surface area contributed by atoms with E-state index in [9.17, 15) is 18.8 Å². The lowest BCUT2D eigenvalue weighted by molar-refractivity contribution is -0.126. The van der Waals surface area contributed by atoms with Gasteiger partial charge in [0.2, 0.25) is 11.8 Å². The second kappa shape index (κ2) is 7.40. The fraction of sp³-hybridized carbons (Fsp3) is 0.300. The van der Waals surface area contributed by atoms with E-state index < -0.39 is 11.9 Å². The van der Waals surface area contributed by atoms with E-state index in [1.165, 1.54) is 28.4 Å². The summed E-state index contributed by atoms with van der Waals surface area (Å²) in [5, 5.41) is 7.65. The van der Waals surface area contributed by atoms with E-state index in [1.807, 2.05) is 6.92 Å². The summed E-state index contributed by atoms with van der Waals surface area (Å²) in [7, 11) is 0. The van der Waals surface area contributed by atoms with Gasteiger partial charge in [-0.3, -0.25) is 24.4 Å². The molecule has 3 amide bonds. The second-order valence-electron chi connectivity index (χ2n) is 6.92. The van der Waals surface area contributed by atoms with Gasteiger partial charge >= 0.3 is 0 Å². The van der Waals surface area contributed by atoms with Crippen molar-refractivity contribution in [2.24, 2.45) is 0 Å². The molecule has 1 aliphatic rings. The van der Waals surface area contributed by atoms with E-state index in [4.69, 9.17) is 0 Å². The Morgan fingerprint density at radius 1 is 1.34 bits per heavy atom. The van der Waals surface area contributed by atoms with Crippen molar-refractivity contribution >= 4 is 39.3 Å². The van der Waals surface area contributed by atoms with Gasteiger partial charge < -0.3 is 4.90 Å². The number of fused-ring (bicyclic) bond motifs is 1. The maximum atomic E-state index is 13.2. The first kappa shape index (κ1) is 19.3. The number of hydrogen-bond donors (Lipinski definition) is 1. The Kier molecular flexibility index (Phi) is 4.91. The molecule has 4 rings (SSSR count). The highest BCUT2D eigenvalue weighted by Crippen LogP contribution is 2.30. The van der Waals surface area contributed by atoms with Gasteiger partial charge in [-0.05, 0) is 37.6 Å². The topological polar surface area (TPSA) is 84.3 Å². The smallest absolute Gasteiger partial charge is 0.264 e. The average molecular weight is 414 g/mol. The minimum Gasteiger partial charge on any atom is -0.326 e. The minimum atomic E-state index is -0.776. The number of imide groups is 1. The van der Waals surface area contributed by atoms with Crippen LogP contribution in [0.25, 0.3) is 10.2 Å². The molecule has 1 atom stereocenters. The number of thiophene rings is 1. The molecule has 1 fully saturated rings. The Labute approximate surface area is 170 Å². The molecule has 1 aromatic carbocycles. The first-order valence-corrected chi connectivity index (χ1v) is 10.0. The number of nitrogens with zero attached hydrogens (tertiary/aromatic N) is 3. The first-order chi connectivity index (χ1) is 13.9. The summed E-state index contributed by atoms with van der Waals surface area (Å²) in [5.74, 6) is -1.39. The number of likely N-dealkylation sites (N-methyl/N-ethyl adjacent to an activating group) is 1. The van der Waals surface area contributed by atoms with Crippen LogP contribution in [0.3, 0.4) is 0 Å². The summed E-state index contributed by atoms with van der Waals surface area (Å²) in [5.41, 5.74) is 1.68. The molecule has 2 aromatic heterocycles. The number of rotatable bonds is 5. The second-order valence-corrected chi connectivity index (χ2v) is 7.95. The van der Waals surface area contributed by atoms with Crippen LogP contribution in [0.2, 0.25) is 0 Å². The first-order valence-electron chi connectivity index (χ1n) is 9.23. The normalized spacial score (nSPS) is 16.4. The fourth-order valence-electron chi connectivity index (χ4n) is 3.53. The summed E-state index contributed by atoms with van der Waals surface area (Å²) in [4.78, 5) is 39.4. The molecule has 0 saturated carbocycles. The van der Waals surface area contributed by atoms with Crippen LogP contribution >= 0.6 is 11.3 Å². The quantitative estimate of drug-likeness (QED) is 0.650. The molecule has 29 heavy (non-hydrogen) atoms. The predicted molar refractivity (Wildman–Crippen MR) is 106 cm³/mol. The van der Waals surface area contributed by atoms with Gasteiger partial charge in [-0.15, -0.1) is 11.3 Å². The summed E-state index contributed by atoms with van der Waals surface area (Å²) >= 11 is 1.30. The van der Waals surface area contributed by atoms with E-state index in [2.05, 4.69) is 10.4 Å².